The molecule has 0 saturated carbocycles. The molecule has 1 unspecified atom stereocenters. The molecule has 3 aromatic rings. The molecule has 24 heavy (non-hydrogen) atoms. The Hall–Kier alpha value is -2.79. The molecule has 122 valence electrons. The SMILES string of the molecule is NCCC(C(=O)Nc1ccc2cnccc2c1)c1ccc(F)cc1. The fourth-order valence-corrected chi connectivity index (χ4v) is 2.70. The molecule has 1 amide bonds. The van der Waals surface area contributed by atoms with Gasteiger partial charge in [-0.25, -0.2) is 4.39 Å². The monoisotopic (exact) mass is 323 g/mol. The van der Waals surface area contributed by atoms with E-state index >= 15 is 0 Å². The normalized spacial score (nSPS) is 12.1. The minimum atomic E-state index is -0.413. The van der Waals surface area contributed by atoms with Gasteiger partial charge in [0.05, 0.1) is 5.92 Å². The van der Waals surface area contributed by atoms with E-state index in [9.17, 15) is 9.18 Å². The van der Waals surface area contributed by atoms with E-state index in [0.717, 1.165) is 16.3 Å². The molecule has 5 heteroatoms. The fourth-order valence-electron chi connectivity index (χ4n) is 2.70. The third-order valence-electron chi connectivity index (χ3n) is 3.95. The third-order valence-corrected chi connectivity index (χ3v) is 3.95. The highest BCUT2D eigenvalue weighted by Crippen LogP contribution is 2.23. The molecule has 0 aliphatic rings. The Kier molecular flexibility index (Phi) is 4.82. The van der Waals surface area contributed by atoms with Crippen LogP contribution in [0, 0.1) is 5.82 Å². The summed E-state index contributed by atoms with van der Waals surface area (Å²) in [6, 6.07) is 13.5. The van der Waals surface area contributed by atoms with E-state index in [1.165, 1.54) is 12.1 Å². The molecule has 1 heterocycles. The first-order valence-corrected chi connectivity index (χ1v) is 7.77. The van der Waals surface area contributed by atoms with Crippen LogP contribution in [-0.2, 0) is 4.79 Å². The van der Waals surface area contributed by atoms with Gasteiger partial charge in [0.1, 0.15) is 5.82 Å². The van der Waals surface area contributed by atoms with Gasteiger partial charge in [-0.15, -0.1) is 0 Å². The van der Waals surface area contributed by atoms with Crippen LogP contribution in [0.3, 0.4) is 0 Å². The van der Waals surface area contributed by atoms with E-state index in [1.54, 1.807) is 24.5 Å². The molecular formula is C19H18FN3O. The molecule has 0 spiro atoms. The van der Waals surface area contributed by atoms with Gasteiger partial charge in [-0.1, -0.05) is 18.2 Å². The lowest BCUT2D eigenvalue weighted by Crippen LogP contribution is -2.23. The number of hydrogen-bond donors (Lipinski definition) is 2. The second kappa shape index (κ2) is 7.19. The molecular weight excluding hydrogens is 305 g/mol. The van der Waals surface area contributed by atoms with Gasteiger partial charge in [-0.2, -0.15) is 0 Å². The van der Waals surface area contributed by atoms with Crippen molar-refractivity contribution in [3.8, 4) is 0 Å². The fraction of sp³-hybridized carbons (Fsp3) is 0.158. The highest BCUT2D eigenvalue weighted by atomic mass is 19.1. The Morgan fingerprint density at radius 1 is 1.12 bits per heavy atom. The Morgan fingerprint density at radius 3 is 2.67 bits per heavy atom. The number of halogens is 1. The number of nitrogens with two attached hydrogens (primary N) is 1. The van der Waals surface area contributed by atoms with Crippen molar-refractivity contribution < 1.29 is 9.18 Å². The van der Waals surface area contributed by atoms with Crippen LogP contribution in [0.2, 0.25) is 0 Å². The maximum atomic E-state index is 13.1. The highest BCUT2D eigenvalue weighted by Gasteiger charge is 2.20. The Labute approximate surface area is 139 Å². The van der Waals surface area contributed by atoms with E-state index < -0.39 is 5.92 Å². The number of carbonyl (C=O) groups is 1. The zero-order valence-electron chi connectivity index (χ0n) is 13.1. The van der Waals surface area contributed by atoms with Crippen molar-refractivity contribution in [2.45, 2.75) is 12.3 Å². The molecule has 0 bridgehead atoms. The van der Waals surface area contributed by atoms with Gasteiger partial charge >= 0.3 is 0 Å². The van der Waals surface area contributed by atoms with Crippen LogP contribution in [0.1, 0.15) is 17.9 Å². The predicted molar refractivity (Wildman–Crippen MR) is 93.2 cm³/mol. The molecule has 3 N–H and O–H groups in total. The summed E-state index contributed by atoms with van der Waals surface area (Å²) in [4.78, 5) is 16.7. The van der Waals surface area contributed by atoms with Gasteiger partial charge < -0.3 is 11.1 Å². The average Bonchev–Trinajstić information content (AvgIpc) is 2.60. The van der Waals surface area contributed by atoms with Crippen molar-refractivity contribution in [1.82, 2.24) is 4.98 Å². The lowest BCUT2D eigenvalue weighted by Gasteiger charge is -2.17. The summed E-state index contributed by atoms with van der Waals surface area (Å²) in [6.45, 7) is 0.374. The number of anilines is 1. The van der Waals surface area contributed by atoms with Crippen LogP contribution in [0.5, 0.6) is 0 Å². The van der Waals surface area contributed by atoms with Crippen LogP contribution in [0.25, 0.3) is 10.8 Å². The van der Waals surface area contributed by atoms with E-state index in [-0.39, 0.29) is 11.7 Å². The predicted octanol–water partition coefficient (Wildman–Crippen LogP) is 3.45. The van der Waals surface area contributed by atoms with Gasteiger partial charge in [0, 0.05) is 23.5 Å². The van der Waals surface area contributed by atoms with Crippen LogP contribution < -0.4 is 11.1 Å². The smallest absolute Gasteiger partial charge is 0.231 e. The first kappa shape index (κ1) is 16.1. The zero-order valence-corrected chi connectivity index (χ0v) is 13.1. The number of pyridine rings is 1. The van der Waals surface area contributed by atoms with Crippen LogP contribution in [0.4, 0.5) is 10.1 Å². The standard InChI is InChI=1S/C19H18FN3O/c20-16-4-1-13(2-5-16)18(7-9-21)19(24)23-17-6-3-15-12-22-10-8-14(15)11-17/h1-6,8,10-12,18H,7,9,21H2,(H,23,24). The lowest BCUT2D eigenvalue weighted by atomic mass is 9.94. The number of nitrogens with zero attached hydrogens (tertiary/aromatic N) is 1. The summed E-state index contributed by atoms with van der Waals surface area (Å²) in [5, 5.41) is 4.93. The average molecular weight is 323 g/mol. The van der Waals surface area contributed by atoms with Crippen LogP contribution >= 0.6 is 0 Å². The molecule has 0 saturated heterocycles. The van der Waals surface area contributed by atoms with E-state index in [2.05, 4.69) is 10.3 Å². The Bertz CT molecular complexity index is 849. The molecule has 3 rings (SSSR count). The summed E-state index contributed by atoms with van der Waals surface area (Å²) in [7, 11) is 0. The van der Waals surface area contributed by atoms with Crippen molar-refractivity contribution >= 4 is 22.4 Å². The van der Waals surface area contributed by atoms with Crippen molar-refractivity contribution in [2.75, 3.05) is 11.9 Å². The first-order chi connectivity index (χ1) is 11.7. The third kappa shape index (κ3) is 3.58. The van der Waals surface area contributed by atoms with Crippen molar-refractivity contribution in [1.29, 1.82) is 0 Å². The number of amides is 1. The number of nitrogens with one attached hydrogen (secondary N) is 1. The minimum absolute atomic E-state index is 0.152. The van der Waals surface area contributed by atoms with E-state index in [1.807, 2.05) is 24.3 Å². The highest BCUT2D eigenvalue weighted by molar-refractivity contribution is 5.97. The van der Waals surface area contributed by atoms with Crippen LogP contribution in [0.15, 0.2) is 60.9 Å². The molecule has 0 aliphatic carbocycles. The van der Waals surface area contributed by atoms with Crippen molar-refractivity contribution in [3.05, 3.63) is 72.3 Å². The van der Waals surface area contributed by atoms with Gasteiger partial charge in [0.15, 0.2) is 0 Å². The number of benzene rings is 2. The Morgan fingerprint density at radius 2 is 1.92 bits per heavy atom. The number of rotatable bonds is 5. The second-order valence-corrected chi connectivity index (χ2v) is 5.61. The van der Waals surface area contributed by atoms with Crippen LogP contribution in [-0.4, -0.2) is 17.4 Å². The zero-order chi connectivity index (χ0) is 16.9. The number of carbonyl (C=O) groups excluding carboxylic acids is 1. The topological polar surface area (TPSA) is 68.0 Å². The Balaban J connectivity index is 1.82. The number of aromatic nitrogens is 1. The molecule has 1 aromatic heterocycles. The maximum absolute atomic E-state index is 13.1. The largest absolute Gasteiger partial charge is 0.330 e. The number of hydrogen-bond acceptors (Lipinski definition) is 3. The second-order valence-electron chi connectivity index (χ2n) is 5.61. The molecule has 0 radical (unpaired) electrons. The maximum Gasteiger partial charge on any atom is 0.231 e. The molecule has 2 aromatic carbocycles. The van der Waals surface area contributed by atoms with E-state index in [0.29, 0.717) is 18.7 Å². The summed E-state index contributed by atoms with van der Waals surface area (Å²) < 4.78 is 13.1. The van der Waals surface area contributed by atoms with Crippen molar-refractivity contribution in [3.63, 3.8) is 0 Å². The van der Waals surface area contributed by atoms with E-state index in [4.69, 9.17) is 5.73 Å². The van der Waals surface area contributed by atoms with Crippen molar-refractivity contribution in [2.24, 2.45) is 5.73 Å². The molecule has 1 atom stereocenters. The quantitative estimate of drug-likeness (QED) is 0.756. The number of fused-ring (bicyclic) bond motifs is 1. The minimum Gasteiger partial charge on any atom is -0.330 e. The molecule has 4 nitrogen and oxygen atoms in total. The lowest BCUT2D eigenvalue weighted by molar-refractivity contribution is -0.117. The summed E-state index contributed by atoms with van der Waals surface area (Å²) in [6.07, 6.45) is 3.98. The molecule has 0 fully saturated rings. The van der Waals surface area contributed by atoms with Gasteiger partial charge in [-0.05, 0) is 54.2 Å². The molecule has 0 aliphatic heterocycles. The van der Waals surface area contributed by atoms with Gasteiger partial charge in [-0.3, -0.25) is 9.78 Å². The summed E-state index contributed by atoms with van der Waals surface area (Å²) in [5.41, 5.74) is 7.11. The first-order valence-electron chi connectivity index (χ1n) is 7.77. The summed E-state index contributed by atoms with van der Waals surface area (Å²) in [5.74, 6) is -0.891. The van der Waals surface area contributed by atoms with Gasteiger partial charge in [0.2, 0.25) is 5.91 Å². The summed E-state index contributed by atoms with van der Waals surface area (Å²) >= 11 is 0. The van der Waals surface area contributed by atoms with Gasteiger partial charge in [0.25, 0.3) is 0 Å².